The molecular formula is C46H44N2. The van der Waals surface area contributed by atoms with Gasteiger partial charge in [-0.3, -0.25) is 0 Å². The van der Waals surface area contributed by atoms with E-state index in [1.807, 2.05) is 0 Å². The highest BCUT2D eigenvalue weighted by molar-refractivity contribution is 6.02. The van der Waals surface area contributed by atoms with Crippen molar-refractivity contribution in [2.24, 2.45) is 0 Å². The molecule has 0 aliphatic heterocycles. The fourth-order valence-electron chi connectivity index (χ4n) is 7.46. The zero-order valence-corrected chi connectivity index (χ0v) is 29.4. The van der Waals surface area contributed by atoms with Gasteiger partial charge in [-0.2, -0.15) is 0 Å². The molecule has 2 heteroatoms. The molecule has 0 aromatic heterocycles. The molecule has 0 saturated heterocycles. The molecule has 2 nitrogen and oxygen atoms in total. The third kappa shape index (κ3) is 6.31. The standard InChI is InChI=1S/C46H44N2/c1-29-13-30(2)18-43(17-29)47(44-19-31(3)14-32(4)20-44)41-11-9-37-26-40-28-42(12-10-38(40)25-39(37)27-41)48(45-21-33(5)15-34(6)22-45)46-23-35(7)16-36(8)24-46/h9-28H,1-8H3. The van der Waals surface area contributed by atoms with Crippen LogP contribution in [-0.2, 0) is 0 Å². The van der Waals surface area contributed by atoms with Gasteiger partial charge in [-0.25, -0.2) is 0 Å². The lowest BCUT2D eigenvalue weighted by molar-refractivity contribution is 1.24. The molecule has 0 aliphatic rings. The van der Waals surface area contributed by atoms with Gasteiger partial charge in [-0.05, 0) is 206 Å². The zero-order chi connectivity index (χ0) is 33.7. The highest BCUT2D eigenvalue weighted by Crippen LogP contribution is 2.41. The summed E-state index contributed by atoms with van der Waals surface area (Å²) < 4.78 is 0. The normalized spacial score (nSPS) is 11.3. The first kappa shape index (κ1) is 31.3. The molecule has 0 fully saturated rings. The SMILES string of the molecule is Cc1cc(C)cc(N(c2cc(C)cc(C)c2)c2ccc3cc4cc(N(c5cc(C)cc(C)c5)c5cc(C)cc(C)c5)ccc4cc3c2)c1. The van der Waals surface area contributed by atoms with Crippen LogP contribution >= 0.6 is 0 Å². The van der Waals surface area contributed by atoms with Crippen molar-refractivity contribution in [2.75, 3.05) is 9.80 Å². The molecule has 238 valence electrons. The maximum absolute atomic E-state index is 2.40. The second kappa shape index (κ2) is 12.4. The van der Waals surface area contributed by atoms with Crippen molar-refractivity contribution in [3.8, 4) is 0 Å². The molecule has 0 amide bonds. The monoisotopic (exact) mass is 624 g/mol. The molecule has 0 bridgehead atoms. The highest BCUT2D eigenvalue weighted by atomic mass is 15.1. The number of benzene rings is 7. The predicted octanol–water partition coefficient (Wildman–Crippen LogP) is 13.4. The van der Waals surface area contributed by atoms with Gasteiger partial charge in [-0.1, -0.05) is 36.4 Å². The van der Waals surface area contributed by atoms with E-state index in [-0.39, 0.29) is 0 Å². The lowest BCUT2D eigenvalue weighted by Gasteiger charge is -2.28. The summed E-state index contributed by atoms with van der Waals surface area (Å²) in [5, 5.41) is 4.92. The molecule has 7 aromatic carbocycles. The molecule has 7 aromatic rings. The fraction of sp³-hybridized carbons (Fsp3) is 0.174. The Morgan fingerprint density at radius 3 is 0.729 bits per heavy atom. The Morgan fingerprint density at radius 1 is 0.229 bits per heavy atom. The predicted molar refractivity (Wildman–Crippen MR) is 209 cm³/mol. The number of rotatable bonds is 6. The quantitative estimate of drug-likeness (QED) is 0.170. The van der Waals surface area contributed by atoms with E-state index in [4.69, 9.17) is 0 Å². The number of anilines is 6. The van der Waals surface area contributed by atoms with Crippen LogP contribution in [0.1, 0.15) is 44.5 Å². The van der Waals surface area contributed by atoms with Crippen LogP contribution in [-0.4, -0.2) is 0 Å². The van der Waals surface area contributed by atoms with Gasteiger partial charge >= 0.3 is 0 Å². The first-order valence-corrected chi connectivity index (χ1v) is 16.9. The smallest absolute Gasteiger partial charge is 0.0468 e. The van der Waals surface area contributed by atoms with Crippen molar-refractivity contribution in [3.63, 3.8) is 0 Å². The van der Waals surface area contributed by atoms with E-state index in [2.05, 4.69) is 187 Å². The number of fused-ring (bicyclic) bond motifs is 2. The molecular weight excluding hydrogens is 581 g/mol. The fourth-order valence-corrected chi connectivity index (χ4v) is 7.46. The van der Waals surface area contributed by atoms with Gasteiger partial charge in [0.05, 0.1) is 0 Å². The molecule has 0 heterocycles. The number of nitrogens with zero attached hydrogens (tertiary/aromatic N) is 2. The molecule has 0 radical (unpaired) electrons. The van der Waals surface area contributed by atoms with Crippen LogP contribution in [0.15, 0.2) is 121 Å². The molecule has 0 spiro atoms. The lowest BCUT2D eigenvalue weighted by Crippen LogP contribution is -2.11. The molecule has 0 unspecified atom stereocenters. The summed E-state index contributed by atoms with van der Waals surface area (Å²) in [7, 11) is 0. The summed E-state index contributed by atoms with van der Waals surface area (Å²) in [4.78, 5) is 4.80. The summed E-state index contributed by atoms with van der Waals surface area (Å²) in [6.45, 7) is 17.4. The van der Waals surface area contributed by atoms with E-state index >= 15 is 0 Å². The minimum Gasteiger partial charge on any atom is -0.310 e. The Morgan fingerprint density at radius 2 is 0.479 bits per heavy atom. The molecule has 0 atom stereocenters. The van der Waals surface area contributed by atoms with Crippen LogP contribution in [0.25, 0.3) is 21.5 Å². The summed E-state index contributed by atoms with van der Waals surface area (Å²) in [6, 6.07) is 45.7. The van der Waals surface area contributed by atoms with Crippen molar-refractivity contribution in [2.45, 2.75) is 55.4 Å². The van der Waals surface area contributed by atoms with Gasteiger partial charge in [0.25, 0.3) is 0 Å². The number of hydrogen-bond acceptors (Lipinski definition) is 2. The molecule has 48 heavy (non-hydrogen) atoms. The van der Waals surface area contributed by atoms with Crippen molar-refractivity contribution in [1.29, 1.82) is 0 Å². The van der Waals surface area contributed by atoms with E-state index in [9.17, 15) is 0 Å². The number of aryl methyl sites for hydroxylation is 8. The Balaban J connectivity index is 1.36. The Bertz CT molecular complexity index is 1990. The van der Waals surface area contributed by atoms with Crippen LogP contribution in [0.5, 0.6) is 0 Å². The Kier molecular flexibility index (Phi) is 8.05. The lowest BCUT2D eigenvalue weighted by atomic mass is 10.0. The van der Waals surface area contributed by atoms with E-state index in [0.29, 0.717) is 0 Å². The topological polar surface area (TPSA) is 6.48 Å². The van der Waals surface area contributed by atoms with E-state index in [0.717, 1.165) is 11.4 Å². The summed E-state index contributed by atoms with van der Waals surface area (Å²) >= 11 is 0. The van der Waals surface area contributed by atoms with Crippen LogP contribution < -0.4 is 9.80 Å². The van der Waals surface area contributed by atoms with Crippen LogP contribution in [0.4, 0.5) is 34.1 Å². The van der Waals surface area contributed by atoms with Gasteiger partial charge in [0.2, 0.25) is 0 Å². The van der Waals surface area contributed by atoms with E-state index < -0.39 is 0 Å². The van der Waals surface area contributed by atoms with Crippen LogP contribution in [0.2, 0.25) is 0 Å². The van der Waals surface area contributed by atoms with Crippen LogP contribution in [0.3, 0.4) is 0 Å². The molecule has 0 N–H and O–H groups in total. The minimum atomic E-state index is 1.16. The third-order valence-electron chi connectivity index (χ3n) is 9.14. The summed E-state index contributed by atoms with van der Waals surface area (Å²) in [5.74, 6) is 0. The molecule has 0 saturated carbocycles. The first-order valence-electron chi connectivity index (χ1n) is 16.9. The summed E-state index contributed by atoms with van der Waals surface area (Å²) in [5.41, 5.74) is 17.1. The number of hydrogen-bond donors (Lipinski definition) is 0. The third-order valence-corrected chi connectivity index (χ3v) is 9.14. The minimum absolute atomic E-state index is 1.16. The highest BCUT2D eigenvalue weighted by Gasteiger charge is 2.17. The maximum atomic E-state index is 2.40. The largest absolute Gasteiger partial charge is 0.310 e. The average Bonchev–Trinajstić information content (AvgIpc) is 2.98. The Hall–Kier alpha value is -5.34. The van der Waals surface area contributed by atoms with Crippen molar-refractivity contribution < 1.29 is 0 Å². The van der Waals surface area contributed by atoms with Crippen molar-refractivity contribution >= 4 is 55.7 Å². The van der Waals surface area contributed by atoms with Gasteiger partial charge in [0, 0.05) is 34.1 Å². The first-order chi connectivity index (χ1) is 23.0. The second-order valence-electron chi connectivity index (χ2n) is 14.0. The van der Waals surface area contributed by atoms with E-state index in [1.54, 1.807) is 0 Å². The van der Waals surface area contributed by atoms with Gasteiger partial charge < -0.3 is 9.80 Å². The van der Waals surface area contributed by atoms with Crippen LogP contribution in [0, 0.1) is 55.4 Å². The Labute approximate surface area is 285 Å². The van der Waals surface area contributed by atoms with Crippen molar-refractivity contribution in [1.82, 2.24) is 0 Å². The van der Waals surface area contributed by atoms with Gasteiger partial charge in [0.15, 0.2) is 0 Å². The molecule has 0 aliphatic carbocycles. The summed E-state index contributed by atoms with van der Waals surface area (Å²) in [6.07, 6.45) is 0. The van der Waals surface area contributed by atoms with Crippen molar-refractivity contribution in [3.05, 3.63) is 166 Å². The van der Waals surface area contributed by atoms with Gasteiger partial charge in [0.1, 0.15) is 0 Å². The van der Waals surface area contributed by atoms with E-state index in [1.165, 1.54) is 88.8 Å². The average molecular weight is 625 g/mol. The molecule has 7 rings (SSSR count). The zero-order valence-electron chi connectivity index (χ0n) is 29.4. The maximum Gasteiger partial charge on any atom is 0.0468 e. The van der Waals surface area contributed by atoms with Gasteiger partial charge in [-0.15, -0.1) is 0 Å². The second-order valence-corrected chi connectivity index (χ2v) is 14.0.